The van der Waals surface area contributed by atoms with Gasteiger partial charge in [0.15, 0.2) is 0 Å². The molecule has 1 aromatic heterocycles. The van der Waals surface area contributed by atoms with E-state index in [4.69, 9.17) is 21.6 Å². The van der Waals surface area contributed by atoms with Crippen molar-refractivity contribution in [2.24, 2.45) is 5.92 Å². The lowest BCUT2D eigenvalue weighted by atomic mass is 10.2. The van der Waals surface area contributed by atoms with Crippen LogP contribution in [0, 0.1) is 17.2 Å². The molecule has 0 saturated carbocycles. The molecule has 98 valence electrons. The van der Waals surface area contributed by atoms with E-state index in [-0.39, 0.29) is 0 Å². The highest BCUT2D eigenvalue weighted by Gasteiger charge is 2.11. The third-order valence-corrected chi connectivity index (χ3v) is 2.58. The van der Waals surface area contributed by atoms with Gasteiger partial charge in [0.1, 0.15) is 11.0 Å². The number of methoxy groups -OCH3 is 1. The summed E-state index contributed by atoms with van der Waals surface area (Å²) in [6.45, 7) is 6.46. The van der Waals surface area contributed by atoms with Crippen LogP contribution < -0.4 is 4.90 Å². The van der Waals surface area contributed by atoms with Crippen LogP contribution in [0.25, 0.3) is 0 Å². The lowest BCUT2D eigenvalue weighted by Crippen LogP contribution is -2.31. The molecule has 0 aliphatic rings. The Morgan fingerprint density at radius 2 is 2.22 bits per heavy atom. The van der Waals surface area contributed by atoms with Crippen molar-refractivity contribution in [1.82, 2.24) is 4.98 Å². The van der Waals surface area contributed by atoms with Crippen molar-refractivity contribution in [2.75, 3.05) is 31.7 Å². The van der Waals surface area contributed by atoms with Gasteiger partial charge in [0.05, 0.1) is 18.2 Å². The van der Waals surface area contributed by atoms with Crippen LogP contribution in [0.2, 0.25) is 5.15 Å². The van der Waals surface area contributed by atoms with Crippen LogP contribution in [-0.4, -0.2) is 31.8 Å². The zero-order valence-corrected chi connectivity index (χ0v) is 11.7. The molecule has 0 aliphatic carbocycles. The van der Waals surface area contributed by atoms with Gasteiger partial charge in [0.25, 0.3) is 0 Å². The molecule has 1 rings (SSSR count). The fourth-order valence-corrected chi connectivity index (χ4v) is 1.86. The average Bonchev–Trinajstić information content (AvgIpc) is 2.33. The third kappa shape index (κ3) is 4.52. The van der Waals surface area contributed by atoms with Gasteiger partial charge in [-0.25, -0.2) is 4.98 Å². The topological polar surface area (TPSA) is 49.1 Å². The van der Waals surface area contributed by atoms with Crippen molar-refractivity contribution >= 4 is 17.4 Å². The summed E-state index contributed by atoms with van der Waals surface area (Å²) in [5, 5.41) is 9.29. The van der Waals surface area contributed by atoms with E-state index >= 15 is 0 Å². The van der Waals surface area contributed by atoms with E-state index in [1.165, 1.54) is 0 Å². The zero-order chi connectivity index (χ0) is 13.5. The van der Waals surface area contributed by atoms with Crippen molar-refractivity contribution in [3.05, 3.63) is 22.8 Å². The van der Waals surface area contributed by atoms with Crippen molar-refractivity contribution in [1.29, 1.82) is 5.26 Å². The lowest BCUT2D eigenvalue weighted by molar-refractivity contribution is 0.204. The second-order valence-corrected chi connectivity index (χ2v) is 4.87. The summed E-state index contributed by atoms with van der Waals surface area (Å²) in [4.78, 5) is 6.36. The maximum Gasteiger partial charge on any atom is 0.132 e. The summed E-state index contributed by atoms with van der Waals surface area (Å²) in [5.41, 5.74) is 0.524. The van der Waals surface area contributed by atoms with Gasteiger partial charge in [0, 0.05) is 20.2 Å². The Bertz CT molecular complexity index is 429. The van der Waals surface area contributed by atoms with Crippen LogP contribution >= 0.6 is 11.6 Å². The molecule has 0 fully saturated rings. The van der Waals surface area contributed by atoms with E-state index in [9.17, 15) is 0 Å². The minimum atomic E-state index is 0.343. The Balaban J connectivity index is 2.96. The van der Waals surface area contributed by atoms with Crippen LogP contribution in [0.3, 0.4) is 0 Å². The van der Waals surface area contributed by atoms with Crippen LogP contribution in [0.1, 0.15) is 19.4 Å². The summed E-state index contributed by atoms with van der Waals surface area (Å²) >= 11 is 5.92. The van der Waals surface area contributed by atoms with Crippen LogP contribution in [0.5, 0.6) is 0 Å². The summed E-state index contributed by atoms with van der Waals surface area (Å²) in [7, 11) is 1.67. The van der Waals surface area contributed by atoms with E-state index in [1.54, 1.807) is 19.2 Å². The van der Waals surface area contributed by atoms with Crippen molar-refractivity contribution in [3.63, 3.8) is 0 Å². The SMILES string of the molecule is COCCN(CC(C)C)c1cc(C#N)cc(Cl)n1. The molecule has 18 heavy (non-hydrogen) atoms. The number of hydrogen-bond donors (Lipinski definition) is 0. The van der Waals surface area contributed by atoms with Gasteiger partial charge >= 0.3 is 0 Å². The fraction of sp³-hybridized carbons (Fsp3) is 0.538. The molecule has 0 amide bonds. The smallest absolute Gasteiger partial charge is 0.132 e. The molecule has 0 spiro atoms. The Kier molecular flexibility index (Phi) is 5.90. The zero-order valence-electron chi connectivity index (χ0n) is 11.0. The molecule has 5 heteroatoms. The number of nitriles is 1. The summed E-state index contributed by atoms with van der Waals surface area (Å²) in [6, 6.07) is 5.41. The third-order valence-electron chi connectivity index (χ3n) is 2.38. The molecule has 0 aromatic carbocycles. The standard InChI is InChI=1S/C13H18ClN3O/c1-10(2)9-17(4-5-18-3)13-7-11(8-15)6-12(14)16-13/h6-7,10H,4-5,9H2,1-3H3. The van der Waals surface area contributed by atoms with E-state index in [2.05, 4.69) is 29.8 Å². The van der Waals surface area contributed by atoms with Crippen LogP contribution in [0.4, 0.5) is 5.82 Å². The minimum Gasteiger partial charge on any atom is -0.383 e. The highest BCUT2D eigenvalue weighted by Crippen LogP contribution is 2.18. The number of anilines is 1. The normalized spacial score (nSPS) is 10.4. The monoisotopic (exact) mass is 267 g/mol. The molecule has 0 saturated heterocycles. The summed E-state index contributed by atoms with van der Waals surface area (Å²) < 4.78 is 5.09. The largest absolute Gasteiger partial charge is 0.383 e. The molecule has 0 aliphatic heterocycles. The quantitative estimate of drug-likeness (QED) is 0.744. The first-order valence-corrected chi connectivity index (χ1v) is 6.26. The predicted octanol–water partition coefficient (Wildman–Crippen LogP) is 2.72. The minimum absolute atomic E-state index is 0.343. The summed E-state index contributed by atoms with van der Waals surface area (Å²) in [6.07, 6.45) is 0. The number of aromatic nitrogens is 1. The molecule has 1 aromatic rings. The number of hydrogen-bond acceptors (Lipinski definition) is 4. The van der Waals surface area contributed by atoms with Crippen LogP contribution in [0.15, 0.2) is 12.1 Å². The second kappa shape index (κ2) is 7.20. The van der Waals surface area contributed by atoms with Gasteiger partial charge in [-0.2, -0.15) is 5.26 Å². The molecule has 0 N–H and O–H groups in total. The molecule has 0 unspecified atom stereocenters. The lowest BCUT2D eigenvalue weighted by Gasteiger charge is -2.25. The second-order valence-electron chi connectivity index (χ2n) is 4.48. The van der Waals surface area contributed by atoms with Gasteiger partial charge in [-0.05, 0) is 18.1 Å². The Labute approximate surface area is 113 Å². The van der Waals surface area contributed by atoms with Gasteiger partial charge in [-0.15, -0.1) is 0 Å². The van der Waals surface area contributed by atoms with Crippen LogP contribution in [-0.2, 0) is 4.74 Å². The number of nitrogens with zero attached hydrogens (tertiary/aromatic N) is 3. The first kappa shape index (κ1) is 14.7. The Morgan fingerprint density at radius 1 is 1.50 bits per heavy atom. The van der Waals surface area contributed by atoms with Crippen molar-refractivity contribution < 1.29 is 4.74 Å². The van der Waals surface area contributed by atoms with Gasteiger partial charge < -0.3 is 9.64 Å². The molecule has 0 bridgehead atoms. The summed E-state index contributed by atoms with van der Waals surface area (Å²) in [5.74, 6) is 1.22. The number of halogens is 1. The molecular weight excluding hydrogens is 250 g/mol. The Morgan fingerprint density at radius 3 is 2.78 bits per heavy atom. The van der Waals surface area contributed by atoms with E-state index in [1.807, 2.05) is 0 Å². The first-order valence-electron chi connectivity index (χ1n) is 5.88. The number of rotatable bonds is 6. The highest BCUT2D eigenvalue weighted by atomic mass is 35.5. The van der Waals surface area contributed by atoms with E-state index in [0.29, 0.717) is 23.2 Å². The maximum atomic E-state index is 8.95. The molecule has 4 nitrogen and oxygen atoms in total. The van der Waals surface area contributed by atoms with Gasteiger partial charge in [-0.1, -0.05) is 25.4 Å². The molecule has 0 radical (unpaired) electrons. The van der Waals surface area contributed by atoms with E-state index in [0.717, 1.165) is 18.9 Å². The molecule has 1 heterocycles. The Hall–Kier alpha value is -1.31. The number of pyridine rings is 1. The number of ether oxygens (including phenoxy) is 1. The van der Waals surface area contributed by atoms with Crippen molar-refractivity contribution in [3.8, 4) is 6.07 Å². The van der Waals surface area contributed by atoms with Gasteiger partial charge in [0.2, 0.25) is 0 Å². The average molecular weight is 268 g/mol. The van der Waals surface area contributed by atoms with Crippen molar-refractivity contribution in [2.45, 2.75) is 13.8 Å². The van der Waals surface area contributed by atoms with Gasteiger partial charge in [-0.3, -0.25) is 0 Å². The maximum absolute atomic E-state index is 8.95. The molecule has 0 atom stereocenters. The predicted molar refractivity (Wildman–Crippen MR) is 72.9 cm³/mol. The highest BCUT2D eigenvalue weighted by molar-refractivity contribution is 6.29. The van der Waals surface area contributed by atoms with E-state index < -0.39 is 0 Å². The first-order chi connectivity index (χ1) is 8.56. The molecular formula is C13H18ClN3O. The fourth-order valence-electron chi connectivity index (χ4n) is 1.65.